The molecule has 1 amide bonds. The number of amides is 1. The highest BCUT2D eigenvalue weighted by Gasteiger charge is 2.16. The van der Waals surface area contributed by atoms with Crippen molar-refractivity contribution in [1.29, 1.82) is 0 Å². The molecule has 1 aliphatic rings. The Bertz CT molecular complexity index is 488. The van der Waals surface area contributed by atoms with Gasteiger partial charge in [-0.25, -0.2) is 0 Å². The van der Waals surface area contributed by atoms with E-state index in [1.54, 1.807) is 0 Å². The van der Waals surface area contributed by atoms with Crippen LogP contribution in [-0.4, -0.2) is 41.1 Å². The number of rotatable bonds is 7. The van der Waals surface area contributed by atoms with Gasteiger partial charge in [0.15, 0.2) is 0 Å². The molecule has 0 radical (unpaired) electrons. The van der Waals surface area contributed by atoms with Crippen molar-refractivity contribution in [2.45, 2.75) is 57.8 Å². The third-order valence-corrected chi connectivity index (χ3v) is 4.39. The van der Waals surface area contributed by atoms with E-state index in [4.69, 9.17) is 5.73 Å². The second-order valence-electron chi connectivity index (χ2n) is 6.44. The van der Waals surface area contributed by atoms with Crippen LogP contribution in [0, 0.1) is 0 Å². The van der Waals surface area contributed by atoms with Crippen LogP contribution in [0.3, 0.4) is 0 Å². The number of hydrogen-bond acceptors (Lipinski definition) is 4. The van der Waals surface area contributed by atoms with E-state index in [2.05, 4.69) is 34.5 Å². The number of likely N-dealkylation sites (tertiary alicyclic amines) is 1. The van der Waals surface area contributed by atoms with Crippen LogP contribution < -0.4 is 11.1 Å². The molecule has 136 valence electrons. The molecule has 1 unspecified atom stereocenters. The zero-order valence-corrected chi connectivity index (χ0v) is 15.2. The second kappa shape index (κ2) is 10.7. The topological polar surface area (TPSA) is 78.6 Å². The van der Waals surface area contributed by atoms with Crippen molar-refractivity contribution in [3.05, 3.63) is 35.4 Å². The lowest BCUT2D eigenvalue weighted by molar-refractivity contribution is -0.122. The fourth-order valence-corrected chi connectivity index (χ4v) is 2.86. The highest BCUT2D eigenvalue weighted by molar-refractivity contribution is 5.85. The predicted molar refractivity (Wildman–Crippen MR) is 98.9 cm³/mol. The molecule has 24 heavy (non-hydrogen) atoms. The van der Waals surface area contributed by atoms with Crippen LogP contribution >= 0.6 is 12.4 Å². The summed E-state index contributed by atoms with van der Waals surface area (Å²) < 4.78 is 0. The zero-order chi connectivity index (χ0) is 16.7. The number of nitrogens with one attached hydrogen (secondary N) is 1. The van der Waals surface area contributed by atoms with Crippen LogP contribution in [0.1, 0.15) is 43.7 Å². The van der Waals surface area contributed by atoms with Crippen molar-refractivity contribution in [3.63, 3.8) is 0 Å². The molecule has 0 saturated carbocycles. The van der Waals surface area contributed by atoms with Gasteiger partial charge in [0.25, 0.3) is 0 Å². The number of carbonyl (C=O) groups is 1. The average Bonchev–Trinajstić information content (AvgIpc) is 2.56. The Morgan fingerprint density at radius 1 is 1.29 bits per heavy atom. The molecule has 0 spiro atoms. The van der Waals surface area contributed by atoms with E-state index in [-0.39, 0.29) is 24.4 Å². The molecule has 1 atom stereocenters. The van der Waals surface area contributed by atoms with E-state index < -0.39 is 6.04 Å². The fourth-order valence-electron chi connectivity index (χ4n) is 2.86. The standard InChI is InChI=1S/C18H29N3O2.ClH/c1-2-3-17(19)18(23)20-12-14-4-6-15(7-5-14)13-21-10-8-16(22)9-11-21;/h4-7,16-17,22H,2-3,8-13,19H2,1H3,(H,20,23);1H. The Hall–Kier alpha value is -1.14. The number of hydrogen-bond donors (Lipinski definition) is 3. The first-order valence-electron chi connectivity index (χ1n) is 8.60. The molecule has 1 aliphatic heterocycles. The number of nitrogens with two attached hydrogens (primary N) is 1. The zero-order valence-electron chi connectivity index (χ0n) is 14.4. The normalized spacial score (nSPS) is 17.1. The number of aliphatic hydroxyl groups is 1. The van der Waals surface area contributed by atoms with Crippen molar-refractivity contribution in [1.82, 2.24) is 10.2 Å². The van der Waals surface area contributed by atoms with Gasteiger partial charge in [0.1, 0.15) is 0 Å². The quantitative estimate of drug-likeness (QED) is 0.697. The largest absolute Gasteiger partial charge is 0.393 e. The van der Waals surface area contributed by atoms with E-state index in [9.17, 15) is 9.90 Å². The summed E-state index contributed by atoms with van der Waals surface area (Å²) in [6.45, 7) is 5.37. The molecule has 1 heterocycles. The molecule has 5 nitrogen and oxygen atoms in total. The molecule has 0 aliphatic carbocycles. The van der Waals surface area contributed by atoms with E-state index >= 15 is 0 Å². The van der Waals surface area contributed by atoms with Crippen LogP contribution in [0.15, 0.2) is 24.3 Å². The molecule has 1 saturated heterocycles. The Morgan fingerprint density at radius 3 is 2.46 bits per heavy atom. The first-order chi connectivity index (χ1) is 11.1. The summed E-state index contributed by atoms with van der Waals surface area (Å²) in [6, 6.07) is 7.92. The molecule has 1 aromatic rings. The van der Waals surface area contributed by atoms with Crippen molar-refractivity contribution < 1.29 is 9.90 Å². The number of benzene rings is 1. The van der Waals surface area contributed by atoms with Crippen LogP contribution in [-0.2, 0) is 17.9 Å². The third kappa shape index (κ3) is 6.77. The molecule has 6 heteroatoms. The Kier molecular flexibility index (Phi) is 9.29. The predicted octanol–water partition coefficient (Wildman–Crippen LogP) is 1.81. The lowest BCUT2D eigenvalue weighted by Gasteiger charge is -2.29. The van der Waals surface area contributed by atoms with Crippen molar-refractivity contribution in [2.24, 2.45) is 5.73 Å². The second-order valence-corrected chi connectivity index (χ2v) is 6.44. The van der Waals surface area contributed by atoms with E-state index in [1.165, 1.54) is 5.56 Å². The SMILES string of the molecule is CCCC(N)C(=O)NCc1ccc(CN2CCC(O)CC2)cc1.Cl. The van der Waals surface area contributed by atoms with E-state index in [0.29, 0.717) is 6.54 Å². The first kappa shape index (κ1) is 20.9. The molecule has 0 aromatic heterocycles. The monoisotopic (exact) mass is 355 g/mol. The lowest BCUT2D eigenvalue weighted by Crippen LogP contribution is -2.40. The fraction of sp³-hybridized carbons (Fsp3) is 0.611. The van der Waals surface area contributed by atoms with Gasteiger partial charge >= 0.3 is 0 Å². The summed E-state index contributed by atoms with van der Waals surface area (Å²) in [5.74, 6) is -0.0807. The summed E-state index contributed by atoms with van der Waals surface area (Å²) >= 11 is 0. The molecular formula is C18H30ClN3O2. The van der Waals surface area contributed by atoms with E-state index in [1.807, 2.05) is 6.92 Å². The van der Waals surface area contributed by atoms with Crippen molar-refractivity contribution >= 4 is 18.3 Å². The van der Waals surface area contributed by atoms with Gasteiger partial charge in [-0.2, -0.15) is 0 Å². The van der Waals surface area contributed by atoms with Crippen LogP contribution in [0.25, 0.3) is 0 Å². The van der Waals surface area contributed by atoms with E-state index in [0.717, 1.165) is 50.9 Å². The number of nitrogens with zero attached hydrogens (tertiary/aromatic N) is 1. The Balaban J connectivity index is 0.00000288. The van der Waals surface area contributed by atoms with Gasteiger partial charge in [0, 0.05) is 26.2 Å². The molecular weight excluding hydrogens is 326 g/mol. The highest BCUT2D eigenvalue weighted by Crippen LogP contribution is 2.14. The Morgan fingerprint density at radius 2 is 1.88 bits per heavy atom. The number of halogens is 1. The van der Waals surface area contributed by atoms with Gasteiger partial charge in [0.2, 0.25) is 5.91 Å². The highest BCUT2D eigenvalue weighted by atomic mass is 35.5. The maximum atomic E-state index is 11.8. The molecule has 4 N–H and O–H groups in total. The van der Waals surface area contributed by atoms with Crippen LogP contribution in [0.5, 0.6) is 0 Å². The molecule has 2 rings (SSSR count). The smallest absolute Gasteiger partial charge is 0.237 e. The van der Waals surface area contributed by atoms with Gasteiger partial charge in [-0.3, -0.25) is 9.69 Å². The van der Waals surface area contributed by atoms with Crippen LogP contribution in [0.4, 0.5) is 0 Å². The Labute approximate surface area is 151 Å². The van der Waals surface area contributed by atoms with Gasteiger partial charge in [-0.15, -0.1) is 12.4 Å². The molecule has 1 fully saturated rings. The number of aliphatic hydroxyl groups excluding tert-OH is 1. The number of piperidine rings is 1. The maximum absolute atomic E-state index is 11.8. The van der Waals surface area contributed by atoms with Gasteiger partial charge in [0.05, 0.1) is 12.1 Å². The average molecular weight is 356 g/mol. The summed E-state index contributed by atoms with van der Waals surface area (Å²) in [6.07, 6.45) is 3.23. The minimum Gasteiger partial charge on any atom is -0.393 e. The first-order valence-corrected chi connectivity index (χ1v) is 8.60. The van der Waals surface area contributed by atoms with Crippen molar-refractivity contribution in [2.75, 3.05) is 13.1 Å². The van der Waals surface area contributed by atoms with Gasteiger partial charge in [-0.1, -0.05) is 37.6 Å². The summed E-state index contributed by atoms with van der Waals surface area (Å²) in [5, 5.41) is 12.4. The summed E-state index contributed by atoms with van der Waals surface area (Å²) in [5.41, 5.74) is 8.14. The molecule has 0 bridgehead atoms. The third-order valence-electron chi connectivity index (χ3n) is 4.39. The number of carbonyl (C=O) groups excluding carboxylic acids is 1. The lowest BCUT2D eigenvalue weighted by atomic mass is 10.1. The van der Waals surface area contributed by atoms with Crippen LogP contribution in [0.2, 0.25) is 0 Å². The molecule has 1 aromatic carbocycles. The van der Waals surface area contributed by atoms with Gasteiger partial charge < -0.3 is 16.2 Å². The van der Waals surface area contributed by atoms with Crippen molar-refractivity contribution in [3.8, 4) is 0 Å². The maximum Gasteiger partial charge on any atom is 0.237 e. The summed E-state index contributed by atoms with van der Waals surface area (Å²) in [4.78, 5) is 14.2. The van der Waals surface area contributed by atoms with Gasteiger partial charge in [-0.05, 0) is 30.4 Å². The minimum atomic E-state index is -0.409. The summed E-state index contributed by atoms with van der Waals surface area (Å²) in [7, 11) is 0. The minimum absolute atomic E-state index is 0.